The van der Waals surface area contributed by atoms with Gasteiger partial charge in [0.05, 0.1) is 22.5 Å². The number of nitriles is 1. The maximum absolute atomic E-state index is 12.7. The summed E-state index contributed by atoms with van der Waals surface area (Å²) in [6.07, 6.45) is 0. The van der Waals surface area contributed by atoms with Gasteiger partial charge in [-0.1, -0.05) is 12.1 Å². The lowest BCUT2D eigenvalue weighted by molar-refractivity contribution is 0.0785. The third-order valence-electron chi connectivity index (χ3n) is 3.81. The van der Waals surface area contributed by atoms with Gasteiger partial charge in [0.2, 0.25) is 0 Å². The molecule has 0 saturated carbocycles. The number of carbonyl (C=O) groups excluding carboxylic acids is 1. The quantitative estimate of drug-likeness (QED) is 0.710. The molecule has 0 spiro atoms. The Morgan fingerprint density at radius 3 is 2.80 bits per heavy atom. The van der Waals surface area contributed by atoms with Crippen LogP contribution < -0.4 is 5.56 Å². The van der Waals surface area contributed by atoms with Crippen LogP contribution in [0.1, 0.15) is 21.5 Å². The van der Waals surface area contributed by atoms with Gasteiger partial charge >= 0.3 is 0 Å². The van der Waals surface area contributed by atoms with Crippen LogP contribution in [-0.4, -0.2) is 27.8 Å². The van der Waals surface area contributed by atoms with Gasteiger partial charge in [0.1, 0.15) is 0 Å². The Labute approximate surface area is 148 Å². The number of aromatic nitrogens is 2. The zero-order valence-corrected chi connectivity index (χ0v) is 14.2. The molecule has 25 heavy (non-hydrogen) atoms. The number of nitrogens with zero attached hydrogens (tertiary/aromatic N) is 2. The number of amides is 1. The highest BCUT2D eigenvalue weighted by Crippen LogP contribution is 2.14. The van der Waals surface area contributed by atoms with Gasteiger partial charge in [-0.3, -0.25) is 14.6 Å². The molecule has 3 aromatic rings. The third-order valence-corrected chi connectivity index (χ3v) is 4.01. The minimum atomic E-state index is -0.292. The predicted octanol–water partition coefficient (Wildman–Crippen LogP) is 2.73. The highest BCUT2D eigenvalue weighted by molar-refractivity contribution is 7.71. The largest absolute Gasteiger partial charge is 0.337 e. The number of H-pyrrole nitrogens is 2. The van der Waals surface area contributed by atoms with Crippen LogP contribution >= 0.6 is 12.2 Å². The number of nitrogens with one attached hydrogen (secondary N) is 2. The Bertz CT molecular complexity index is 1120. The number of benzene rings is 2. The summed E-state index contributed by atoms with van der Waals surface area (Å²) in [6.45, 7) is 0.373. The Hall–Kier alpha value is -3.24. The predicted molar refractivity (Wildman–Crippen MR) is 96.7 cm³/mol. The smallest absolute Gasteiger partial charge is 0.259 e. The molecule has 1 aromatic heterocycles. The molecule has 124 valence electrons. The molecule has 0 bridgehead atoms. The van der Waals surface area contributed by atoms with Crippen molar-refractivity contribution in [3.8, 4) is 6.07 Å². The van der Waals surface area contributed by atoms with Crippen LogP contribution in [0.5, 0.6) is 0 Å². The topological polar surface area (TPSA) is 92.8 Å². The van der Waals surface area contributed by atoms with Crippen LogP contribution in [0.15, 0.2) is 47.3 Å². The second-order valence-electron chi connectivity index (χ2n) is 5.64. The van der Waals surface area contributed by atoms with Crippen LogP contribution in [0.4, 0.5) is 0 Å². The molecule has 0 atom stereocenters. The standard InChI is InChI=1S/C18H14N4O2S/c1-22(10-12-4-2-3-11(7-12)9-19)17(24)13-5-6-14-15(8-13)20-18(25)21-16(14)23/h2-8H,10H2,1H3,(H2,20,21,23,25). The van der Waals surface area contributed by atoms with Crippen molar-refractivity contribution in [2.24, 2.45) is 0 Å². The molecule has 0 fully saturated rings. The molecule has 2 aromatic carbocycles. The van der Waals surface area contributed by atoms with Gasteiger partial charge in [-0.05, 0) is 48.1 Å². The van der Waals surface area contributed by atoms with Crippen LogP contribution in [0.2, 0.25) is 0 Å². The summed E-state index contributed by atoms with van der Waals surface area (Å²) in [5.74, 6) is -0.191. The first-order chi connectivity index (χ1) is 12.0. The first-order valence-corrected chi connectivity index (χ1v) is 7.89. The van der Waals surface area contributed by atoms with Crippen LogP contribution in [0.3, 0.4) is 0 Å². The van der Waals surface area contributed by atoms with Gasteiger partial charge in [-0.15, -0.1) is 0 Å². The molecule has 0 unspecified atom stereocenters. The van der Waals surface area contributed by atoms with E-state index in [4.69, 9.17) is 17.5 Å². The summed E-state index contributed by atoms with van der Waals surface area (Å²) in [5, 5.41) is 9.40. The van der Waals surface area contributed by atoms with Crippen LogP contribution in [0, 0.1) is 16.1 Å². The lowest BCUT2D eigenvalue weighted by atomic mass is 10.1. The van der Waals surface area contributed by atoms with Crippen molar-refractivity contribution in [2.75, 3.05) is 7.05 Å². The van der Waals surface area contributed by atoms with Gasteiger partial charge in [0.25, 0.3) is 11.5 Å². The maximum Gasteiger partial charge on any atom is 0.259 e. The summed E-state index contributed by atoms with van der Waals surface area (Å²) in [4.78, 5) is 31.5. The normalized spacial score (nSPS) is 10.4. The molecular formula is C18H14N4O2S. The van der Waals surface area contributed by atoms with E-state index >= 15 is 0 Å². The van der Waals surface area contributed by atoms with Gasteiger partial charge < -0.3 is 9.88 Å². The van der Waals surface area contributed by atoms with Gasteiger partial charge in [-0.2, -0.15) is 5.26 Å². The number of carbonyl (C=O) groups is 1. The monoisotopic (exact) mass is 350 g/mol. The van der Waals surface area contributed by atoms with E-state index < -0.39 is 0 Å². The minimum Gasteiger partial charge on any atom is -0.337 e. The van der Waals surface area contributed by atoms with E-state index in [-0.39, 0.29) is 16.2 Å². The molecule has 0 aliphatic heterocycles. The molecule has 1 amide bonds. The zero-order chi connectivity index (χ0) is 18.0. The van der Waals surface area contributed by atoms with Crippen molar-refractivity contribution >= 4 is 29.0 Å². The van der Waals surface area contributed by atoms with E-state index in [1.165, 1.54) is 0 Å². The molecule has 6 nitrogen and oxygen atoms in total. The summed E-state index contributed by atoms with van der Waals surface area (Å²) in [5.41, 5.74) is 2.09. The molecular weight excluding hydrogens is 336 g/mol. The second kappa shape index (κ2) is 6.71. The van der Waals surface area contributed by atoms with Gasteiger partial charge in [0, 0.05) is 19.2 Å². The average molecular weight is 350 g/mol. The lowest BCUT2D eigenvalue weighted by Gasteiger charge is -2.17. The van der Waals surface area contributed by atoms with E-state index in [0.29, 0.717) is 28.6 Å². The molecule has 0 aliphatic rings. The zero-order valence-electron chi connectivity index (χ0n) is 13.4. The molecule has 7 heteroatoms. The van der Waals surface area contributed by atoms with Crippen molar-refractivity contribution in [3.05, 3.63) is 74.3 Å². The Kier molecular flexibility index (Phi) is 4.46. The van der Waals surface area contributed by atoms with Crippen molar-refractivity contribution in [1.29, 1.82) is 5.26 Å². The Balaban J connectivity index is 1.89. The second-order valence-corrected chi connectivity index (χ2v) is 6.05. The van der Waals surface area contributed by atoms with E-state index in [0.717, 1.165) is 5.56 Å². The minimum absolute atomic E-state index is 0.191. The van der Waals surface area contributed by atoms with E-state index in [1.807, 2.05) is 6.07 Å². The number of fused-ring (bicyclic) bond motifs is 1. The third kappa shape index (κ3) is 3.49. The van der Waals surface area contributed by atoms with E-state index in [9.17, 15) is 9.59 Å². The molecule has 0 aliphatic carbocycles. The summed E-state index contributed by atoms with van der Waals surface area (Å²) in [7, 11) is 1.69. The Morgan fingerprint density at radius 2 is 2.04 bits per heavy atom. The summed E-state index contributed by atoms with van der Waals surface area (Å²) in [6, 6.07) is 14.0. The highest BCUT2D eigenvalue weighted by Gasteiger charge is 2.13. The van der Waals surface area contributed by atoms with Crippen molar-refractivity contribution in [3.63, 3.8) is 0 Å². The van der Waals surface area contributed by atoms with Gasteiger partial charge in [0.15, 0.2) is 4.77 Å². The van der Waals surface area contributed by atoms with Crippen molar-refractivity contribution < 1.29 is 4.79 Å². The summed E-state index contributed by atoms with van der Waals surface area (Å²) >= 11 is 4.97. The van der Waals surface area contributed by atoms with Gasteiger partial charge in [-0.25, -0.2) is 0 Å². The average Bonchev–Trinajstić information content (AvgIpc) is 2.60. The lowest BCUT2D eigenvalue weighted by Crippen LogP contribution is -2.26. The number of hydrogen-bond donors (Lipinski definition) is 2. The van der Waals surface area contributed by atoms with Crippen molar-refractivity contribution in [2.45, 2.75) is 6.54 Å². The van der Waals surface area contributed by atoms with E-state index in [1.54, 1.807) is 48.3 Å². The maximum atomic E-state index is 12.7. The number of rotatable bonds is 3. The fourth-order valence-electron chi connectivity index (χ4n) is 2.61. The SMILES string of the molecule is CN(Cc1cccc(C#N)c1)C(=O)c1ccc2c(=O)[nH]c(=S)[nH]c2c1. The fraction of sp³-hybridized carbons (Fsp3) is 0.111. The number of hydrogen-bond acceptors (Lipinski definition) is 4. The first-order valence-electron chi connectivity index (χ1n) is 7.49. The summed E-state index contributed by atoms with van der Waals surface area (Å²) < 4.78 is 0.212. The molecule has 1 heterocycles. The first kappa shape index (κ1) is 16.6. The van der Waals surface area contributed by atoms with Crippen molar-refractivity contribution in [1.82, 2.24) is 14.9 Å². The molecule has 2 N–H and O–H groups in total. The number of aromatic amines is 2. The fourth-order valence-corrected chi connectivity index (χ4v) is 2.81. The molecule has 3 rings (SSSR count). The molecule has 0 saturated heterocycles. The Morgan fingerprint density at radius 1 is 1.24 bits per heavy atom. The molecule has 0 radical (unpaired) electrons. The van der Waals surface area contributed by atoms with Crippen LogP contribution in [-0.2, 0) is 6.54 Å². The highest BCUT2D eigenvalue weighted by atomic mass is 32.1. The van der Waals surface area contributed by atoms with E-state index in [2.05, 4.69) is 16.0 Å². The van der Waals surface area contributed by atoms with Crippen LogP contribution in [0.25, 0.3) is 10.9 Å².